The van der Waals surface area contributed by atoms with Crippen LogP contribution >= 0.6 is 0 Å². The van der Waals surface area contributed by atoms with E-state index in [1.807, 2.05) is 18.2 Å². The smallest absolute Gasteiger partial charge is 0.133 e. The van der Waals surface area contributed by atoms with Crippen LogP contribution in [0.25, 0.3) is 21.5 Å². The summed E-state index contributed by atoms with van der Waals surface area (Å²) in [6.45, 7) is 0.568. The number of para-hydroxylation sites is 2. The van der Waals surface area contributed by atoms with E-state index in [2.05, 4.69) is 131 Å². The first kappa shape index (κ1) is 22.1. The first-order valence-electron chi connectivity index (χ1n) is 12.9. The van der Waals surface area contributed by atoms with E-state index >= 15 is 0 Å². The third-order valence-electron chi connectivity index (χ3n) is 7.02. The molecule has 1 aliphatic rings. The van der Waals surface area contributed by atoms with E-state index in [4.69, 9.17) is 4.99 Å². The van der Waals surface area contributed by atoms with Crippen LogP contribution in [0.5, 0.6) is 0 Å². The number of nitrogens with one attached hydrogen (secondary N) is 2. The van der Waals surface area contributed by atoms with Crippen LogP contribution in [0.1, 0.15) is 0 Å². The van der Waals surface area contributed by atoms with Crippen LogP contribution in [0.3, 0.4) is 0 Å². The Hall–Kier alpha value is -5.09. The molecule has 0 saturated heterocycles. The van der Waals surface area contributed by atoms with Gasteiger partial charge in [0.2, 0.25) is 0 Å². The van der Waals surface area contributed by atoms with E-state index in [1.165, 1.54) is 16.2 Å². The van der Waals surface area contributed by atoms with Crippen molar-refractivity contribution in [2.24, 2.45) is 4.99 Å². The number of rotatable bonds is 6. The van der Waals surface area contributed by atoms with Crippen LogP contribution in [-0.4, -0.2) is 12.4 Å². The molecule has 0 unspecified atom stereocenters. The molecule has 4 nitrogen and oxygen atoms in total. The zero-order chi connectivity index (χ0) is 25.3. The summed E-state index contributed by atoms with van der Waals surface area (Å²) in [5, 5.41) is 12.1. The zero-order valence-electron chi connectivity index (χ0n) is 20.8. The second-order valence-corrected chi connectivity index (χ2v) is 9.41. The van der Waals surface area contributed by atoms with E-state index in [1.54, 1.807) is 0 Å². The van der Waals surface area contributed by atoms with Gasteiger partial charge in [0.15, 0.2) is 0 Å². The van der Waals surface area contributed by atoms with Gasteiger partial charge in [-0.05, 0) is 59.3 Å². The van der Waals surface area contributed by atoms with Crippen LogP contribution in [0, 0.1) is 0 Å². The average molecular weight is 491 g/mol. The first-order valence-corrected chi connectivity index (χ1v) is 12.9. The van der Waals surface area contributed by atoms with Gasteiger partial charge in [0, 0.05) is 33.5 Å². The fourth-order valence-electron chi connectivity index (χ4n) is 5.34. The lowest BCUT2D eigenvalue weighted by molar-refractivity contribution is 1.24. The molecule has 0 fully saturated rings. The van der Waals surface area contributed by atoms with Gasteiger partial charge in [-0.25, -0.2) is 4.99 Å². The van der Waals surface area contributed by atoms with Crippen LogP contribution < -0.4 is 15.5 Å². The number of anilines is 5. The lowest BCUT2D eigenvalue weighted by atomic mass is 10.0. The topological polar surface area (TPSA) is 39.7 Å². The third-order valence-corrected chi connectivity index (χ3v) is 7.02. The molecule has 0 bridgehead atoms. The molecule has 4 heteroatoms. The minimum atomic E-state index is 0.568. The Bertz CT molecular complexity index is 1780. The maximum Gasteiger partial charge on any atom is 0.133 e. The Balaban J connectivity index is 1.30. The summed E-state index contributed by atoms with van der Waals surface area (Å²) >= 11 is 0. The summed E-state index contributed by atoms with van der Waals surface area (Å²) < 4.78 is 0. The van der Waals surface area contributed by atoms with Gasteiger partial charge in [-0.15, -0.1) is 0 Å². The predicted octanol–water partition coefficient (Wildman–Crippen LogP) is 9.03. The highest BCUT2D eigenvalue weighted by molar-refractivity contribution is 6.19. The molecule has 0 amide bonds. The van der Waals surface area contributed by atoms with Gasteiger partial charge in [-0.2, -0.15) is 0 Å². The highest BCUT2D eigenvalue weighted by atomic mass is 15.2. The third kappa shape index (κ3) is 3.93. The molecule has 0 atom stereocenters. The maximum absolute atomic E-state index is 5.17. The van der Waals surface area contributed by atoms with Crippen LogP contribution in [-0.2, 0) is 0 Å². The summed E-state index contributed by atoms with van der Waals surface area (Å²) in [5.41, 5.74) is 6.45. The van der Waals surface area contributed by atoms with Crippen molar-refractivity contribution in [1.82, 2.24) is 0 Å². The standard InChI is InChI=1S/C34H26N4/c1-3-15-26(16-4-1)36-29-20-8-12-24-11-7-19-28(33(24)29)35-23-32-37-30-21-9-13-25-14-10-22-31(34(25)30)38(32)27-17-5-2-6-18-27/h1-22,35-36H,23H2. The number of hydrogen-bond donors (Lipinski definition) is 2. The number of benzene rings is 6. The second kappa shape index (κ2) is 9.41. The molecule has 0 aliphatic carbocycles. The van der Waals surface area contributed by atoms with Crippen molar-refractivity contribution in [2.75, 3.05) is 22.1 Å². The summed E-state index contributed by atoms with van der Waals surface area (Å²) in [5.74, 6) is 0.952. The van der Waals surface area contributed by atoms with Crippen LogP contribution in [0.2, 0.25) is 0 Å². The van der Waals surface area contributed by atoms with E-state index in [-0.39, 0.29) is 0 Å². The second-order valence-electron chi connectivity index (χ2n) is 9.41. The highest BCUT2D eigenvalue weighted by Crippen LogP contribution is 2.42. The molecule has 0 spiro atoms. The van der Waals surface area contributed by atoms with Gasteiger partial charge in [0.1, 0.15) is 5.84 Å². The maximum atomic E-state index is 5.17. The summed E-state index contributed by atoms with van der Waals surface area (Å²) in [4.78, 5) is 7.45. The van der Waals surface area contributed by atoms with Gasteiger partial charge in [0.05, 0.1) is 17.9 Å². The zero-order valence-corrected chi connectivity index (χ0v) is 20.8. The Morgan fingerprint density at radius 3 is 1.95 bits per heavy atom. The molecule has 7 rings (SSSR count). The minimum absolute atomic E-state index is 0.568. The number of fused-ring (bicyclic) bond motifs is 1. The average Bonchev–Trinajstić information content (AvgIpc) is 2.97. The van der Waals surface area contributed by atoms with E-state index in [0.717, 1.165) is 45.3 Å². The van der Waals surface area contributed by atoms with Gasteiger partial charge in [-0.3, -0.25) is 4.90 Å². The van der Waals surface area contributed by atoms with Crippen molar-refractivity contribution in [1.29, 1.82) is 0 Å². The fourth-order valence-corrected chi connectivity index (χ4v) is 5.34. The lowest BCUT2D eigenvalue weighted by Gasteiger charge is -2.31. The quantitative estimate of drug-likeness (QED) is 0.245. The van der Waals surface area contributed by atoms with Crippen molar-refractivity contribution in [3.05, 3.63) is 133 Å². The molecule has 182 valence electrons. The van der Waals surface area contributed by atoms with Crippen molar-refractivity contribution in [3.63, 3.8) is 0 Å². The molecule has 6 aromatic carbocycles. The molecule has 0 saturated carbocycles. The number of nitrogens with zero attached hydrogens (tertiary/aromatic N) is 2. The summed E-state index contributed by atoms with van der Waals surface area (Å²) in [6, 6.07) is 46.4. The molecular weight excluding hydrogens is 464 g/mol. The normalized spacial score (nSPS) is 12.4. The molecule has 6 aromatic rings. The summed E-state index contributed by atoms with van der Waals surface area (Å²) in [6.07, 6.45) is 0. The van der Waals surface area contributed by atoms with Crippen molar-refractivity contribution in [2.45, 2.75) is 0 Å². The predicted molar refractivity (Wildman–Crippen MR) is 162 cm³/mol. The first-order chi connectivity index (χ1) is 18.8. The Labute approximate surface area is 221 Å². The van der Waals surface area contributed by atoms with Gasteiger partial charge >= 0.3 is 0 Å². The molecule has 1 aliphatic heterocycles. The molecule has 0 aromatic heterocycles. The van der Waals surface area contributed by atoms with E-state index < -0.39 is 0 Å². The van der Waals surface area contributed by atoms with E-state index in [9.17, 15) is 0 Å². The fraction of sp³-hybridized carbons (Fsp3) is 0.0294. The molecule has 1 heterocycles. The monoisotopic (exact) mass is 490 g/mol. The Morgan fingerprint density at radius 1 is 0.553 bits per heavy atom. The van der Waals surface area contributed by atoms with Crippen LogP contribution in [0.4, 0.5) is 34.1 Å². The highest BCUT2D eigenvalue weighted by Gasteiger charge is 2.24. The molecule has 2 N–H and O–H groups in total. The van der Waals surface area contributed by atoms with Crippen molar-refractivity contribution >= 4 is 61.5 Å². The molecule has 38 heavy (non-hydrogen) atoms. The van der Waals surface area contributed by atoms with Gasteiger partial charge < -0.3 is 10.6 Å². The molecular formula is C34H26N4. The van der Waals surface area contributed by atoms with E-state index in [0.29, 0.717) is 6.54 Å². The van der Waals surface area contributed by atoms with Gasteiger partial charge in [0.25, 0.3) is 0 Å². The number of amidine groups is 1. The minimum Gasteiger partial charge on any atom is -0.377 e. The Kier molecular flexibility index (Phi) is 5.48. The van der Waals surface area contributed by atoms with Crippen molar-refractivity contribution in [3.8, 4) is 0 Å². The molecule has 0 radical (unpaired) electrons. The number of hydrogen-bond acceptors (Lipinski definition) is 4. The largest absolute Gasteiger partial charge is 0.377 e. The number of aliphatic imine (C=N–C) groups is 1. The van der Waals surface area contributed by atoms with Crippen LogP contribution in [0.15, 0.2) is 138 Å². The lowest BCUT2D eigenvalue weighted by Crippen LogP contribution is -2.33. The SMILES string of the molecule is c1ccc(Nc2cccc3cccc(NCC4=Nc5cccc6cccc(c56)N4c4ccccc4)c23)cc1. The summed E-state index contributed by atoms with van der Waals surface area (Å²) in [7, 11) is 0. The van der Waals surface area contributed by atoms with Gasteiger partial charge in [-0.1, -0.05) is 84.9 Å². The Morgan fingerprint density at radius 2 is 1.18 bits per heavy atom. The van der Waals surface area contributed by atoms with Crippen molar-refractivity contribution < 1.29 is 0 Å².